The standard InChI is InChI=1S/C13H16O2/c1-3-15-12-8-11(14)13(12)10-7-5-4-6-9(10)2/h4-7,12-13H,3,8H2,1-2H3/t12-,13-/m0/s1. The van der Waals surface area contributed by atoms with Gasteiger partial charge in [-0.05, 0) is 25.0 Å². The minimum atomic E-state index is -0.0221. The summed E-state index contributed by atoms with van der Waals surface area (Å²) in [6.07, 6.45) is 0.677. The summed E-state index contributed by atoms with van der Waals surface area (Å²) < 4.78 is 5.55. The molecule has 1 aliphatic rings. The second kappa shape index (κ2) is 4.15. The first-order valence-electron chi connectivity index (χ1n) is 5.44. The first-order valence-corrected chi connectivity index (χ1v) is 5.44. The molecule has 0 bridgehead atoms. The van der Waals surface area contributed by atoms with E-state index in [-0.39, 0.29) is 12.0 Å². The largest absolute Gasteiger partial charge is 0.377 e. The van der Waals surface area contributed by atoms with Crippen molar-refractivity contribution >= 4 is 5.78 Å². The number of hydrogen-bond acceptors (Lipinski definition) is 2. The van der Waals surface area contributed by atoms with Gasteiger partial charge in [-0.25, -0.2) is 0 Å². The molecule has 0 saturated heterocycles. The maximum atomic E-state index is 11.6. The second-order valence-electron chi connectivity index (χ2n) is 4.00. The second-order valence-corrected chi connectivity index (χ2v) is 4.00. The maximum Gasteiger partial charge on any atom is 0.145 e. The third kappa shape index (κ3) is 1.82. The average Bonchev–Trinajstić information content (AvgIpc) is 2.21. The summed E-state index contributed by atoms with van der Waals surface area (Å²) in [6, 6.07) is 8.06. The van der Waals surface area contributed by atoms with Crippen LogP contribution in [0.15, 0.2) is 24.3 Å². The molecule has 0 radical (unpaired) electrons. The molecule has 0 unspecified atom stereocenters. The number of hydrogen-bond donors (Lipinski definition) is 0. The van der Waals surface area contributed by atoms with Crippen LogP contribution in [0.25, 0.3) is 0 Å². The molecule has 1 fully saturated rings. The lowest BCUT2D eigenvalue weighted by Crippen LogP contribution is -2.42. The van der Waals surface area contributed by atoms with Crippen molar-refractivity contribution in [1.82, 2.24) is 0 Å². The Kier molecular flexibility index (Phi) is 2.87. The molecule has 15 heavy (non-hydrogen) atoms. The highest BCUT2D eigenvalue weighted by Crippen LogP contribution is 2.37. The zero-order valence-corrected chi connectivity index (χ0v) is 9.19. The van der Waals surface area contributed by atoms with Crippen LogP contribution in [0.1, 0.15) is 30.4 Å². The molecule has 0 heterocycles. The Bertz CT molecular complexity index is 371. The summed E-state index contributed by atoms with van der Waals surface area (Å²) in [4.78, 5) is 11.6. The van der Waals surface area contributed by atoms with Crippen LogP contribution in [0.5, 0.6) is 0 Å². The van der Waals surface area contributed by atoms with E-state index in [0.717, 1.165) is 5.56 Å². The molecule has 2 atom stereocenters. The van der Waals surface area contributed by atoms with Gasteiger partial charge in [0, 0.05) is 13.0 Å². The Labute approximate surface area is 90.3 Å². The van der Waals surface area contributed by atoms with E-state index in [9.17, 15) is 4.79 Å². The van der Waals surface area contributed by atoms with E-state index in [4.69, 9.17) is 4.74 Å². The number of aryl methyl sites for hydroxylation is 1. The first-order chi connectivity index (χ1) is 7.24. The predicted molar refractivity (Wildman–Crippen MR) is 59.0 cm³/mol. The minimum Gasteiger partial charge on any atom is -0.377 e. The molecule has 1 saturated carbocycles. The van der Waals surface area contributed by atoms with Crippen LogP contribution in [0.3, 0.4) is 0 Å². The van der Waals surface area contributed by atoms with E-state index in [1.54, 1.807) is 0 Å². The number of ketones is 1. The highest BCUT2D eigenvalue weighted by molar-refractivity contribution is 5.93. The monoisotopic (exact) mass is 204 g/mol. The zero-order valence-electron chi connectivity index (χ0n) is 9.19. The minimum absolute atomic E-state index is 0.0221. The molecule has 2 nitrogen and oxygen atoms in total. The SMILES string of the molecule is CCO[C@H]1CC(=O)[C@@H]1c1ccccc1C. The molecule has 2 rings (SSSR count). The maximum absolute atomic E-state index is 11.6. The van der Waals surface area contributed by atoms with Crippen molar-refractivity contribution in [2.45, 2.75) is 32.3 Å². The Morgan fingerprint density at radius 3 is 2.73 bits per heavy atom. The molecular weight excluding hydrogens is 188 g/mol. The quantitative estimate of drug-likeness (QED) is 0.756. The fraction of sp³-hybridized carbons (Fsp3) is 0.462. The normalized spacial score (nSPS) is 25.1. The van der Waals surface area contributed by atoms with Crippen molar-refractivity contribution in [3.8, 4) is 0 Å². The van der Waals surface area contributed by atoms with Crippen molar-refractivity contribution in [2.24, 2.45) is 0 Å². The van der Waals surface area contributed by atoms with Crippen LogP contribution in [-0.4, -0.2) is 18.5 Å². The van der Waals surface area contributed by atoms with Crippen LogP contribution in [0, 0.1) is 6.92 Å². The number of benzene rings is 1. The van der Waals surface area contributed by atoms with Crippen LogP contribution in [0.2, 0.25) is 0 Å². The molecule has 0 aromatic heterocycles. The molecule has 1 aromatic rings. The van der Waals surface area contributed by atoms with E-state index >= 15 is 0 Å². The number of Topliss-reactive ketones (excluding diaryl/α,β-unsaturated/α-hetero) is 1. The summed E-state index contributed by atoms with van der Waals surface area (Å²) in [7, 11) is 0. The van der Waals surface area contributed by atoms with Gasteiger partial charge in [0.25, 0.3) is 0 Å². The fourth-order valence-electron chi connectivity index (χ4n) is 2.17. The third-order valence-corrected chi connectivity index (χ3v) is 3.03. The van der Waals surface area contributed by atoms with Gasteiger partial charge in [-0.1, -0.05) is 24.3 Å². The smallest absolute Gasteiger partial charge is 0.145 e. The lowest BCUT2D eigenvalue weighted by molar-refractivity contribution is -0.137. The highest BCUT2D eigenvalue weighted by atomic mass is 16.5. The van der Waals surface area contributed by atoms with Gasteiger partial charge in [0.2, 0.25) is 0 Å². The van der Waals surface area contributed by atoms with Gasteiger partial charge in [-0.15, -0.1) is 0 Å². The van der Waals surface area contributed by atoms with Crippen LogP contribution < -0.4 is 0 Å². The Morgan fingerprint density at radius 1 is 1.40 bits per heavy atom. The molecule has 0 N–H and O–H groups in total. The molecule has 2 heteroatoms. The Hall–Kier alpha value is -1.15. The van der Waals surface area contributed by atoms with E-state index in [0.29, 0.717) is 18.8 Å². The van der Waals surface area contributed by atoms with Gasteiger partial charge in [0.15, 0.2) is 0 Å². The molecule has 1 aliphatic carbocycles. The van der Waals surface area contributed by atoms with Gasteiger partial charge in [0.05, 0.1) is 12.0 Å². The number of rotatable bonds is 3. The van der Waals surface area contributed by atoms with Crippen LogP contribution >= 0.6 is 0 Å². The molecule has 0 amide bonds. The van der Waals surface area contributed by atoms with Gasteiger partial charge < -0.3 is 4.74 Å². The summed E-state index contributed by atoms with van der Waals surface area (Å²) in [6.45, 7) is 4.70. The zero-order chi connectivity index (χ0) is 10.8. The van der Waals surface area contributed by atoms with Gasteiger partial charge in [0.1, 0.15) is 5.78 Å². The Balaban J connectivity index is 2.22. The fourth-order valence-corrected chi connectivity index (χ4v) is 2.17. The van der Waals surface area contributed by atoms with Crippen molar-refractivity contribution < 1.29 is 9.53 Å². The number of carbonyl (C=O) groups is 1. The van der Waals surface area contributed by atoms with Crippen molar-refractivity contribution in [3.05, 3.63) is 35.4 Å². The van der Waals surface area contributed by atoms with Gasteiger partial charge in [-0.2, -0.15) is 0 Å². The van der Waals surface area contributed by atoms with Crippen LogP contribution in [0.4, 0.5) is 0 Å². The highest BCUT2D eigenvalue weighted by Gasteiger charge is 2.41. The molecule has 80 valence electrons. The summed E-state index contributed by atoms with van der Waals surface area (Å²) in [5, 5.41) is 0. The number of ether oxygens (including phenoxy) is 1. The van der Waals surface area contributed by atoms with E-state index in [2.05, 4.69) is 0 Å². The predicted octanol–water partition coefficient (Wildman–Crippen LogP) is 2.46. The topological polar surface area (TPSA) is 26.3 Å². The van der Waals surface area contributed by atoms with Crippen molar-refractivity contribution in [3.63, 3.8) is 0 Å². The molecule has 0 aliphatic heterocycles. The molecular formula is C13H16O2. The lowest BCUT2D eigenvalue weighted by Gasteiger charge is -2.35. The number of carbonyl (C=O) groups excluding carboxylic acids is 1. The van der Waals surface area contributed by atoms with Gasteiger partial charge >= 0.3 is 0 Å². The van der Waals surface area contributed by atoms with E-state index < -0.39 is 0 Å². The summed E-state index contributed by atoms with van der Waals surface area (Å²) >= 11 is 0. The van der Waals surface area contributed by atoms with Gasteiger partial charge in [-0.3, -0.25) is 4.79 Å². The van der Waals surface area contributed by atoms with Crippen LogP contribution in [-0.2, 0) is 9.53 Å². The molecule has 1 aromatic carbocycles. The summed E-state index contributed by atoms with van der Waals surface area (Å²) in [5.74, 6) is 0.286. The lowest BCUT2D eigenvalue weighted by atomic mass is 9.74. The summed E-state index contributed by atoms with van der Waals surface area (Å²) in [5.41, 5.74) is 2.31. The van der Waals surface area contributed by atoms with Crippen molar-refractivity contribution in [2.75, 3.05) is 6.61 Å². The third-order valence-electron chi connectivity index (χ3n) is 3.03. The average molecular weight is 204 g/mol. The van der Waals surface area contributed by atoms with E-state index in [1.165, 1.54) is 5.56 Å². The van der Waals surface area contributed by atoms with Crippen molar-refractivity contribution in [1.29, 1.82) is 0 Å². The Morgan fingerprint density at radius 2 is 2.13 bits per heavy atom. The first kappa shape index (κ1) is 10.4. The van der Waals surface area contributed by atoms with E-state index in [1.807, 2.05) is 38.1 Å². The molecule has 0 spiro atoms.